The smallest absolute Gasteiger partial charge is 0.282 e. The summed E-state index contributed by atoms with van der Waals surface area (Å²) in [5.41, 5.74) is 4.55. The van der Waals surface area contributed by atoms with Crippen LogP contribution in [0.25, 0.3) is 6.08 Å². The minimum Gasteiger partial charge on any atom is -0.484 e. The van der Waals surface area contributed by atoms with Crippen molar-refractivity contribution in [3.63, 3.8) is 0 Å². The standard InChI is InChI=1S/C24H19N3O4/c28-22(25-18-7-3-1-4-8-18)16-31-20-13-11-17(12-14-20)15-21-23(29)26-27(24(21)30)19-9-5-2-6-10-19/h1-15H,16H2,(H,25,28)(H,26,29)/b21-15-. The van der Waals surface area contributed by atoms with Crippen LogP contribution in [0, 0.1) is 0 Å². The Morgan fingerprint density at radius 3 is 2.23 bits per heavy atom. The van der Waals surface area contributed by atoms with Gasteiger partial charge in [0, 0.05) is 5.69 Å². The van der Waals surface area contributed by atoms with E-state index >= 15 is 0 Å². The average molecular weight is 413 g/mol. The lowest BCUT2D eigenvalue weighted by Crippen LogP contribution is -2.35. The molecular weight excluding hydrogens is 394 g/mol. The molecule has 1 heterocycles. The number of para-hydroxylation sites is 2. The predicted molar refractivity (Wildman–Crippen MR) is 117 cm³/mol. The summed E-state index contributed by atoms with van der Waals surface area (Å²) in [6.45, 7) is -0.137. The third-order valence-corrected chi connectivity index (χ3v) is 4.52. The van der Waals surface area contributed by atoms with E-state index in [0.29, 0.717) is 22.7 Å². The van der Waals surface area contributed by atoms with Crippen LogP contribution in [0.15, 0.2) is 90.5 Å². The first kappa shape index (κ1) is 19.9. The van der Waals surface area contributed by atoms with Crippen molar-refractivity contribution < 1.29 is 19.1 Å². The summed E-state index contributed by atoms with van der Waals surface area (Å²) in [6.07, 6.45) is 1.52. The maximum Gasteiger partial charge on any atom is 0.282 e. The van der Waals surface area contributed by atoms with Gasteiger partial charge in [-0.15, -0.1) is 0 Å². The number of amides is 3. The summed E-state index contributed by atoms with van der Waals surface area (Å²) < 4.78 is 5.49. The van der Waals surface area contributed by atoms with Gasteiger partial charge >= 0.3 is 0 Å². The number of hydrogen-bond donors (Lipinski definition) is 2. The predicted octanol–water partition coefficient (Wildman–Crippen LogP) is 3.17. The fourth-order valence-corrected chi connectivity index (χ4v) is 3.01. The maximum absolute atomic E-state index is 12.6. The van der Waals surface area contributed by atoms with E-state index in [4.69, 9.17) is 4.74 Å². The van der Waals surface area contributed by atoms with Crippen LogP contribution in [0.4, 0.5) is 11.4 Å². The van der Waals surface area contributed by atoms with Gasteiger partial charge in [0.1, 0.15) is 11.3 Å². The van der Waals surface area contributed by atoms with Crippen LogP contribution in [0.2, 0.25) is 0 Å². The van der Waals surface area contributed by atoms with Gasteiger partial charge in [-0.3, -0.25) is 19.8 Å². The number of hydrogen-bond acceptors (Lipinski definition) is 4. The normalized spacial score (nSPS) is 14.5. The molecule has 0 bridgehead atoms. The minimum absolute atomic E-state index is 0.0414. The molecule has 3 aromatic rings. The zero-order valence-electron chi connectivity index (χ0n) is 16.4. The quantitative estimate of drug-likeness (QED) is 0.480. The summed E-state index contributed by atoms with van der Waals surface area (Å²) in [5.74, 6) is -0.661. The van der Waals surface area contributed by atoms with Gasteiger partial charge in [-0.2, -0.15) is 0 Å². The van der Waals surface area contributed by atoms with Crippen molar-refractivity contribution in [2.75, 3.05) is 16.9 Å². The van der Waals surface area contributed by atoms with Crippen molar-refractivity contribution >= 4 is 35.2 Å². The van der Waals surface area contributed by atoms with Crippen molar-refractivity contribution in [3.05, 3.63) is 96.1 Å². The molecule has 0 radical (unpaired) electrons. The molecule has 0 unspecified atom stereocenters. The molecule has 154 valence electrons. The molecule has 0 atom stereocenters. The summed E-state index contributed by atoms with van der Waals surface area (Å²) in [5, 5.41) is 3.96. The Labute approximate surface area is 178 Å². The Bertz CT molecular complexity index is 1130. The molecule has 0 saturated carbocycles. The van der Waals surface area contributed by atoms with Gasteiger partial charge in [-0.1, -0.05) is 48.5 Å². The summed E-state index contributed by atoms with van der Waals surface area (Å²) in [6, 6.07) is 24.8. The first-order valence-electron chi connectivity index (χ1n) is 9.60. The number of benzene rings is 3. The summed E-state index contributed by atoms with van der Waals surface area (Å²) in [7, 11) is 0. The second kappa shape index (κ2) is 8.96. The number of carbonyl (C=O) groups excluding carboxylic acids is 3. The van der Waals surface area contributed by atoms with E-state index in [1.165, 1.54) is 11.1 Å². The first-order valence-corrected chi connectivity index (χ1v) is 9.60. The molecule has 0 aromatic heterocycles. The topological polar surface area (TPSA) is 87.7 Å². The number of nitrogens with zero attached hydrogens (tertiary/aromatic N) is 1. The lowest BCUT2D eigenvalue weighted by Gasteiger charge is -2.13. The number of anilines is 2. The third kappa shape index (κ3) is 4.79. The molecule has 7 nitrogen and oxygen atoms in total. The molecule has 4 rings (SSSR count). The number of hydrazine groups is 1. The van der Waals surface area contributed by atoms with Crippen molar-refractivity contribution in [2.24, 2.45) is 0 Å². The molecule has 1 saturated heterocycles. The number of nitrogens with one attached hydrogen (secondary N) is 2. The minimum atomic E-state index is -0.466. The van der Waals surface area contributed by atoms with Crippen molar-refractivity contribution in [2.45, 2.75) is 0 Å². The van der Waals surface area contributed by atoms with Gasteiger partial charge in [0.05, 0.1) is 5.69 Å². The fourth-order valence-electron chi connectivity index (χ4n) is 3.01. The molecule has 0 aliphatic carbocycles. The Morgan fingerprint density at radius 1 is 0.903 bits per heavy atom. The van der Waals surface area contributed by atoms with E-state index in [1.54, 1.807) is 60.7 Å². The van der Waals surface area contributed by atoms with Crippen molar-refractivity contribution in [1.82, 2.24) is 5.43 Å². The second-order valence-electron chi connectivity index (χ2n) is 6.75. The van der Waals surface area contributed by atoms with E-state index in [9.17, 15) is 14.4 Å². The van der Waals surface area contributed by atoms with E-state index in [1.807, 2.05) is 24.3 Å². The zero-order chi connectivity index (χ0) is 21.6. The van der Waals surface area contributed by atoms with Crippen LogP contribution in [0.5, 0.6) is 5.75 Å². The zero-order valence-corrected chi connectivity index (χ0v) is 16.4. The monoisotopic (exact) mass is 413 g/mol. The first-order chi connectivity index (χ1) is 15.1. The van der Waals surface area contributed by atoms with Crippen LogP contribution in [0.1, 0.15) is 5.56 Å². The molecule has 1 aliphatic heterocycles. The van der Waals surface area contributed by atoms with Crippen LogP contribution < -0.4 is 20.5 Å². The summed E-state index contributed by atoms with van der Waals surface area (Å²) in [4.78, 5) is 36.8. The van der Waals surface area contributed by atoms with E-state index < -0.39 is 11.8 Å². The third-order valence-electron chi connectivity index (χ3n) is 4.52. The molecule has 3 amide bonds. The van der Waals surface area contributed by atoms with Gasteiger partial charge in [-0.05, 0) is 48.0 Å². The maximum atomic E-state index is 12.6. The van der Waals surface area contributed by atoms with Gasteiger partial charge in [0.25, 0.3) is 17.7 Å². The van der Waals surface area contributed by atoms with E-state index in [-0.39, 0.29) is 18.1 Å². The fraction of sp³-hybridized carbons (Fsp3) is 0.0417. The highest BCUT2D eigenvalue weighted by molar-refractivity contribution is 6.31. The van der Waals surface area contributed by atoms with E-state index in [0.717, 1.165) is 0 Å². The lowest BCUT2D eigenvalue weighted by molar-refractivity contribution is -0.118. The highest BCUT2D eigenvalue weighted by atomic mass is 16.5. The van der Waals surface area contributed by atoms with Crippen LogP contribution in [0.3, 0.4) is 0 Å². The van der Waals surface area contributed by atoms with Gasteiger partial charge in [0.15, 0.2) is 6.61 Å². The second-order valence-corrected chi connectivity index (χ2v) is 6.75. The molecule has 7 heteroatoms. The highest BCUT2D eigenvalue weighted by Crippen LogP contribution is 2.22. The largest absolute Gasteiger partial charge is 0.484 e. The van der Waals surface area contributed by atoms with Gasteiger partial charge in [-0.25, -0.2) is 5.01 Å². The number of ether oxygens (including phenoxy) is 1. The summed E-state index contributed by atoms with van der Waals surface area (Å²) >= 11 is 0. The van der Waals surface area contributed by atoms with Crippen LogP contribution in [-0.4, -0.2) is 24.3 Å². The Balaban J connectivity index is 1.38. The Kier molecular flexibility index (Phi) is 5.75. The van der Waals surface area contributed by atoms with Gasteiger partial charge in [0.2, 0.25) is 0 Å². The molecule has 31 heavy (non-hydrogen) atoms. The van der Waals surface area contributed by atoms with Crippen LogP contribution in [-0.2, 0) is 14.4 Å². The SMILES string of the molecule is O=C(COc1ccc(/C=C2/C(=O)NN(c3ccccc3)C2=O)cc1)Nc1ccccc1. The molecular formula is C24H19N3O4. The van der Waals surface area contributed by atoms with Crippen molar-refractivity contribution in [3.8, 4) is 5.75 Å². The Hall–Kier alpha value is -4.39. The molecule has 1 aliphatic rings. The Morgan fingerprint density at radius 2 is 1.55 bits per heavy atom. The highest BCUT2D eigenvalue weighted by Gasteiger charge is 2.34. The molecule has 0 spiro atoms. The molecule has 2 N–H and O–H groups in total. The average Bonchev–Trinajstić information content (AvgIpc) is 3.08. The van der Waals surface area contributed by atoms with Crippen molar-refractivity contribution in [1.29, 1.82) is 0 Å². The number of rotatable bonds is 6. The lowest BCUT2D eigenvalue weighted by atomic mass is 10.1. The molecule has 3 aromatic carbocycles. The number of carbonyl (C=O) groups is 3. The van der Waals surface area contributed by atoms with Gasteiger partial charge < -0.3 is 10.1 Å². The van der Waals surface area contributed by atoms with Crippen LogP contribution >= 0.6 is 0 Å². The molecule has 1 fully saturated rings. The van der Waals surface area contributed by atoms with E-state index in [2.05, 4.69) is 10.7 Å².